The fourth-order valence-corrected chi connectivity index (χ4v) is 14.6. The molecule has 0 N–H and O–H groups in total. The number of hydrogen-bond acceptors (Lipinski definition) is 0. The summed E-state index contributed by atoms with van der Waals surface area (Å²) >= 11 is 0. The van der Waals surface area contributed by atoms with Crippen molar-refractivity contribution in [2.45, 2.75) is 50.9 Å². The first-order valence-electron chi connectivity index (χ1n) is 26.5. The molecule has 3 aliphatic rings. The molecule has 2 aromatic heterocycles. The zero-order chi connectivity index (χ0) is 49.3. The summed E-state index contributed by atoms with van der Waals surface area (Å²) in [7, 11) is 0. The monoisotopic (exact) mass is 946 g/mol. The molecule has 352 valence electrons. The van der Waals surface area contributed by atoms with Crippen molar-refractivity contribution >= 4 is 38.3 Å². The van der Waals surface area contributed by atoms with E-state index in [0.29, 0.717) is 0 Å². The van der Waals surface area contributed by atoms with Gasteiger partial charge in [0.15, 0.2) is 0 Å². The van der Waals surface area contributed by atoms with Gasteiger partial charge in [0.1, 0.15) is 0 Å². The molecule has 2 nitrogen and oxygen atoms in total. The highest BCUT2D eigenvalue weighted by Crippen LogP contribution is 2.68. The molecule has 0 aliphatic heterocycles. The maximum absolute atomic E-state index is 2.67. The van der Waals surface area contributed by atoms with E-state index in [1.54, 1.807) is 0 Å². The van der Waals surface area contributed by atoms with E-state index in [1.165, 1.54) is 139 Å². The first-order chi connectivity index (χ1) is 36.6. The third-order valence-electron chi connectivity index (χ3n) is 17.5. The maximum atomic E-state index is 2.67. The second kappa shape index (κ2) is 16.1. The van der Waals surface area contributed by atoms with Gasteiger partial charge in [-0.25, -0.2) is 0 Å². The molecule has 12 aromatic rings. The molecule has 2 heterocycles. The Balaban J connectivity index is 1.02. The minimum Gasteiger partial charge on any atom is -0.312 e. The number of allylic oxidation sites excluding steroid dienone is 2. The quantitative estimate of drug-likeness (QED) is 0.151. The van der Waals surface area contributed by atoms with Gasteiger partial charge in [0, 0.05) is 39.4 Å². The Morgan fingerprint density at radius 2 is 0.757 bits per heavy atom. The van der Waals surface area contributed by atoms with E-state index in [0.717, 1.165) is 19.3 Å². The first-order valence-corrected chi connectivity index (χ1v) is 26.5. The van der Waals surface area contributed by atoms with Gasteiger partial charge in [-0.1, -0.05) is 225 Å². The largest absolute Gasteiger partial charge is 0.312 e. The highest BCUT2D eigenvalue weighted by atomic mass is 15.0. The van der Waals surface area contributed by atoms with Gasteiger partial charge >= 0.3 is 0 Å². The zero-order valence-electron chi connectivity index (χ0n) is 42.0. The van der Waals surface area contributed by atoms with Crippen LogP contribution in [0.1, 0.15) is 88.5 Å². The number of aromatic nitrogens is 2. The Hall–Kier alpha value is -8.72. The van der Waals surface area contributed by atoms with Crippen LogP contribution >= 0.6 is 0 Å². The van der Waals surface area contributed by atoms with Crippen LogP contribution in [0.5, 0.6) is 0 Å². The topological polar surface area (TPSA) is 9.86 Å². The second-order valence-electron chi connectivity index (χ2n) is 20.9. The number of benzene rings is 10. The van der Waals surface area contributed by atoms with Gasteiger partial charge in [-0.2, -0.15) is 0 Å². The minimum absolute atomic E-state index is 0.603. The second-order valence-corrected chi connectivity index (χ2v) is 20.9. The molecule has 0 radical (unpaired) electrons. The van der Waals surface area contributed by atoms with Gasteiger partial charge in [0.05, 0.1) is 38.8 Å². The van der Waals surface area contributed by atoms with Gasteiger partial charge in [0.2, 0.25) is 0 Å². The fourth-order valence-electron chi connectivity index (χ4n) is 14.6. The molecule has 0 unspecified atom stereocenters. The number of para-hydroxylation sites is 3. The maximum Gasteiger partial charge on any atom is 0.0720 e. The van der Waals surface area contributed by atoms with E-state index >= 15 is 0 Å². The smallest absolute Gasteiger partial charge is 0.0720 e. The lowest BCUT2D eigenvalue weighted by Gasteiger charge is -2.48. The molecule has 0 saturated heterocycles. The van der Waals surface area contributed by atoms with Crippen LogP contribution in [0.25, 0.3) is 71.9 Å². The van der Waals surface area contributed by atoms with E-state index in [4.69, 9.17) is 0 Å². The summed E-state index contributed by atoms with van der Waals surface area (Å²) in [5, 5.41) is 3.89. The van der Waals surface area contributed by atoms with Gasteiger partial charge < -0.3 is 9.13 Å². The van der Waals surface area contributed by atoms with Crippen molar-refractivity contribution < 1.29 is 0 Å². The molecule has 74 heavy (non-hydrogen) atoms. The van der Waals surface area contributed by atoms with Crippen LogP contribution in [0.3, 0.4) is 0 Å². The van der Waals surface area contributed by atoms with E-state index in [9.17, 15) is 0 Å². The molecule has 2 spiro atoms. The zero-order valence-corrected chi connectivity index (χ0v) is 42.0. The van der Waals surface area contributed by atoms with E-state index in [1.807, 2.05) is 0 Å². The van der Waals surface area contributed by atoms with Crippen molar-refractivity contribution in [1.29, 1.82) is 0 Å². The van der Waals surface area contributed by atoms with Crippen LogP contribution in [0.15, 0.2) is 242 Å². The molecule has 0 atom stereocenters. The third kappa shape index (κ3) is 5.50. The Morgan fingerprint density at radius 1 is 0.365 bits per heavy atom. The molecule has 10 aromatic carbocycles. The van der Waals surface area contributed by atoms with E-state index in [-0.39, 0.29) is 0 Å². The molecule has 0 saturated carbocycles. The molecule has 0 bridgehead atoms. The lowest BCUT2D eigenvalue weighted by Crippen LogP contribution is -2.43. The summed E-state index contributed by atoms with van der Waals surface area (Å²) in [6.45, 7) is 6.97. The summed E-state index contributed by atoms with van der Waals surface area (Å²) in [6.07, 6.45) is 2.94. The molecule has 2 heteroatoms. The minimum atomic E-state index is -0.613. The fraction of sp³-hybridized carbons (Fsp3) is 0.111. The SMILES string of the molecule is CCCc1c(C/C(C)=C(\C)c2ccccc2)n(-c2cccc3c2-c2ccccc2C32c3ccccc3C3(c4ccccc4-c4c(-n5c6ccccc6c6ccccc65)cccc43)c3ccccc32)c2ccccc12. The Morgan fingerprint density at radius 3 is 1.26 bits per heavy atom. The summed E-state index contributed by atoms with van der Waals surface area (Å²) in [4.78, 5) is 0. The average molecular weight is 947 g/mol. The van der Waals surface area contributed by atoms with Gasteiger partial charge in [0.25, 0.3) is 0 Å². The number of nitrogens with zero attached hydrogens (tertiary/aromatic N) is 2. The Kier molecular flexibility index (Phi) is 9.36. The van der Waals surface area contributed by atoms with Crippen molar-refractivity contribution in [3.05, 3.63) is 303 Å². The average Bonchev–Trinajstić information content (AvgIpc) is 4.17. The summed E-state index contributed by atoms with van der Waals surface area (Å²) in [5.41, 5.74) is 27.7. The van der Waals surface area contributed by atoms with Crippen molar-refractivity contribution in [3.8, 4) is 33.6 Å². The molecular formula is C72H54N2. The van der Waals surface area contributed by atoms with Crippen molar-refractivity contribution in [1.82, 2.24) is 9.13 Å². The highest BCUT2D eigenvalue weighted by molar-refractivity contribution is 6.10. The Labute approximate surface area is 433 Å². The lowest BCUT2D eigenvalue weighted by molar-refractivity contribution is 0.632. The van der Waals surface area contributed by atoms with E-state index < -0.39 is 10.8 Å². The predicted octanol–water partition coefficient (Wildman–Crippen LogP) is 17.8. The number of hydrogen-bond donors (Lipinski definition) is 0. The van der Waals surface area contributed by atoms with Gasteiger partial charge in [-0.3, -0.25) is 0 Å². The van der Waals surface area contributed by atoms with E-state index in [2.05, 4.69) is 266 Å². The summed E-state index contributed by atoms with van der Waals surface area (Å²) in [5.74, 6) is 0. The van der Waals surface area contributed by atoms with Crippen LogP contribution in [0.2, 0.25) is 0 Å². The molecule has 3 aliphatic carbocycles. The molecule has 15 rings (SSSR count). The highest BCUT2D eigenvalue weighted by Gasteiger charge is 2.59. The number of aryl methyl sites for hydroxylation is 1. The van der Waals surface area contributed by atoms with Crippen LogP contribution < -0.4 is 0 Å². The van der Waals surface area contributed by atoms with Crippen molar-refractivity contribution in [2.75, 3.05) is 0 Å². The molecule has 0 amide bonds. The van der Waals surface area contributed by atoms with Crippen LogP contribution in [0.4, 0.5) is 0 Å². The van der Waals surface area contributed by atoms with Gasteiger partial charge in [-0.15, -0.1) is 0 Å². The van der Waals surface area contributed by atoms with Crippen molar-refractivity contribution in [2.24, 2.45) is 0 Å². The standard InChI is InChI=1S/C72H54N2/c1-4-24-49-50-27-10-21-42-65(50)74(68(49)45-46(2)47(3)48-25-6-5-7-26-48)67-44-23-39-62-70(67)54-31-9-14-33-56(54)72(62)59-36-17-15-34-57(59)71(58-35-16-18-37-60(58)72)55-32-13-8-30-53(55)69-61(71)38-22-43-66(69)73-63-40-19-11-28-51(63)52-29-12-20-41-64(52)73/h5-23,25-44H,4,24,45H2,1-3H3/b47-46+. The molecular weight excluding hydrogens is 893 g/mol. The number of fused-ring (bicyclic) bond motifs is 20. The summed E-state index contributed by atoms with van der Waals surface area (Å²) < 4.78 is 5.19. The van der Waals surface area contributed by atoms with Crippen LogP contribution in [0, 0.1) is 0 Å². The first kappa shape index (κ1) is 42.9. The van der Waals surface area contributed by atoms with Gasteiger partial charge in [-0.05, 0) is 123 Å². The summed E-state index contributed by atoms with van der Waals surface area (Å²) in [6, 6.07) is 90.0. The molecule has 0 fully saturated rings. The van der Waals surface area contributed by atoms with Crippen molar-refractivity contribution in [3.63, 3.8) is 0 Å². The Bertz CT molecular complexity index is 4220. The normalized spacial score (nSPS) is 17.1. The number of rotatable bonds is 7. The van der Waals surface area contributed by atoms with Crippen LogP contribution in [-0.4, -0.2) is 9.13 Å². The predicted molar refractivity (Wildman–Crippen MR) is 308 cm³/mol. The van der Waals surface area contributed by atoms with Crippen LogP contribution in [-0.2, 0) is 23.7 Å². The third-order valence-corrected chi connectivity index (χ3v) is 17.5. The lowest BCUT2D eigenvalue weighted by atomic mass is 9.52.